The van der Waals surface area contributed by atoms with Crippen LogP contribution in [-0.2, 0) is 6.42 Å². The van der Waals surface area contributed by atoms with Crippen LogP contribution in [0.15, 0.2) is 60.8 Å². The Balaban J connectivity index is 1.38. The van der Waals surface area contributed by atoms with Gasteiger partial charge in [-0.05, 0) is 48.7 Å². The van der Waals surface area contributed by atoms with Gasteiger partial charge >= 0.3 is 0 Å². The Morgan fingerprint density at radius 2 is 1.86 bits per heavy atom. The van der Waals surface area contributed by atoms with Crippen LogP contribution in [0.3, 0.4) is 0 Å². The third kappa shape index (κ3) is 3.49. The minimum absolute atomic E-state index is 0.00947. The summed E-state index contributed by atoms with van der Waals surface area (Å²) < 4.78 is 11.2. The molecule has 29 heavy (non-hydrogen) atoms. The number of nitrogens with one attached hydrogen (secondary N) is 1. The van der Waals surface area contributed by atoms with Gasteiger partial charge < -0.3 is 19.7 Å². The molecule has 0 spiro atoms. The first kappa shape index (κ1) is 17.6. The highest BCUT2D eigenvalue weighted by Crippen LogP contribution is 2.33. The molecule has 146 valence electrons. The average molecular weight is 387 g/mol. The van der Waals surface area contributed by atoms with Crippen molar-refractivity contribution in [3.8, 4) is 11.5 Å². The number of nitrogens with zero attached hydrogens (tertiary/aromatic N) is 2. The van der Waals surface area contributed by atoms with Crippen LogP contribution in [0.25, 0.3) is 0 Å². The molecular weight excluding hydrogens is 366 g/mol. The van der Waals surface area contributed by atoms with Gasteiger partial charge in [-0.25, -0.2) is 4.98 Å². The number of aromatic nitrogens is 1. The summed E-state index contributed by atoms with van der Waals surface area (Å²) in [7, 11) is 0. The molecule has 2 aromatic carbocycles. The molecule has 5 rings (SSSR count). The lowest BCUT2D eigenvalue weighted by molar-refractivity contribution is 0.0985. The Hall–Kier alpha value is -3.54. The highest BCUT2D eigenvalue weighted by molar-refractivity contribution is 6.07. The van der Waals surface area contributed by atoms with E-state index in [1.165, 1.54) is 5.56 Å². The minimum atomic E-state index is -0.00947. The van der Waals surface area contributed by atoms with Crippen LogP contribution in [0.1, 0.15) is 22.3 Å². The molecule has 0 radical (unpaired) electrons. The molecule has 2 aliphatic rings. The fourth-order valence-corrected chi connectivity index (χ4v) is 3.80. The highest BCUT2D eigenvalue weighted by atomic mass is 16.6. The summed E-state index contributed by atoms with van der Waals surface area (Å²) in [6.07, 6.45) is 3.63. The summed E-state index contributed by atoms with van der Waals surface area (Å²) in [6, 6.07) is 17.3. The number of hydrogen-bond acceptors (Lipinski definition) is 5. The molecule has 0 fully saturated rings. The zero-order chi connectivity index (χ0) is 19.6. The van der Waals surface area contributed by atoms with Gasteiger partial charge in [0.25, 0.3) is 5.91 Å². The van der Waals surface area contributed by atoms with Gasteiger partial charge in [0.2, 0.25) is 0 Å². The minimum Gasteiger partial charge on any atom is -0.486 e. The van der Waals surface area contributed by atoms with Crippen molar-refractivity contribution in [2.24, 2.45) is 0 Å². The number of aryl methyl sites for hydroxylation is 1. The van der Waals surface area contributed by atoms with E-state index < -0.39 is 0 Å². The standard InChI is InChI=1S/C23H21N3O3/c27-23(26-11-3-5-16-4-1-2-6-19(16)26)17-9-10-24-22(14-17)25-18-7-8-20-21(15-18)29-13-12-28-20/h1-2,4,6-10,14-15H,3,5,11-13H2,(H,24,25). The topological polar surface area (TPSA) is 63.7 Å². The molecule has 1 amide bonds. The van der Waals surface area contributed by atoms with Crippen LogP contribution in [0.4, 0.5) is 17.2 Å². The van der Waals surface area contributed by atoms with E-state index in [-0.39, 0.29) is 5.91 Å². The molecule has 0 unspecified atom stereocenters. The molecule has 3 aromatic rings. The van der Waals surface area contributed by atoms with Crippen molar-refractivity contribution in [1.82, 2.24) is 4.98 Å². The van der Waals surface area contributed by atoms with E-state index >= 15 is 0 Å². The smallest absolute Gasteiger partial charge is 0.258 e. The summed E-state index contributed by atoms with van der Waals surface area (Å²) in [6.45, 7) is 1.82. The fourth-order valence-electron chi connectivity index (χ4n) is 3.80. The second kappa shape index (κ2) is 7.47. The van der Waals surface area contributed by atoms with E-state index in [1.807, 2.05) is 41.3 Å². The largest absolute Gasteiger partial charge is 0.486 e. The number of para-hydroxylation sites is 1. The number of anilines is 3. The van der Waals surface area contributed by atoms with Gasteiger partial charge in [0.1, 0.15) is 19.0 Å². The Labute approximate surface area is 169 Å². The monoisotopic (exact) mass is 387 g/mol. The number of carbonyl (C=O) groups is 1. The maximum absolute atomic E-state index is 13.2. The SMILES string of the molecule is O=C(c1ccnc(Nc2ccc3c(c2)OCCO3)c1)N1CCCc2ccccc21. The van der Waals surface area contributed by atoms with Crippen LogP contribution in [0, 0.1) is 0 Å². The van der Waals surface area contributed by atoms with Gasteiger partial charge in [-0.2, -0.15) is 0 Å². The van der Waals surface area contributed by atoms with Crippen molar-refractivity contribution in [2.75, 3.05) is 30.0 Å². The number of ether oxygens (including phenoxy) is 2. The number of amides is 1. The van der Waals surface area contributed by atoms with Crippen LogP contribution in [0.2, 0.25) is 0 Å². The molecule has 6 heteroatoms. The summed E-state index contributed by atoms with van der Waals surface area (Å²) in [5.74, 6) is 2.04. The number of fused-ring (bicyclic) bond motifs is 2. The maximum atomic E-state index is 13.2. The van der Waals surface area contributed by atoms with E-state index in [0.717, 1.165) is 36.5 Å². The Kier molecular flexibility index (Phi) is 4.52. The average Bonchev–Trinajstić information content (AvgIpc) is 2.78. The zero-order valence-electron chi connectivity index (χ0n) is 15.9. The van der Waals surface area contributed by atoms with Gasteiger partial charge in [0.05, 0.1) is 0 Å². The van der Waals surface area contributed by atoms with E-state index in [1.54, 1.807) is 18.3 Å². The van der Waals surface area contributed by atoms with Gasteiger partial charge in [0.15, 0.2) is 11.5 Å². The first-order chi connectivity index (χ1) is 14.3. The van der Waals surface area contributed by atoms with Gasteiger partial charge in [-0.3, -0.25) is 4.79 Å². The molecular formula is C23H21N3O3. The second-order valence-electron chi connectivity index (χ2n) is 7.10. The lowest BCUT2D eigenvalue weighted by Crippen LogP contribution is -2.35. The summed E-state index contributed by atoms with van der Waals surface area (Å²) >= 11 is 0. The summed E-state index contributed by atoms with van der Waals surface area (Å²) in [5.41, 5.74) is 3.66. The number of hydrogen-bond donors (Lipinski definition) is 1. The second-order valence-corrected chi connectivity index (χ2v) is 7.10. The van der Waals surface area contributed by atoms with Gasteiger partial charge in [0, 0.05) is 35.7 Å². The third-order valence-corrected chi connectivity index (χ3v) is 5.18. The lowest BCUT2D eigenvalue weighted by atomic mass is 10.0. The van der Waals surface area contributed by atoms with E-state index in [0.29, 0.717) is 30.3 Å². The maximum Gasteiger partial charge on any atom is 0.258 e. The molecule has 1 aromatic heterocycles. The lowest BCUT2D eigenvalue weighted by Gasteiger charge is -2.29. The van der Waals surface area contributed by atoms with Crippen molar-refractivity contribution >= 4 is 23.1 Å². The van der Waals surface area contributed by atoms with Crippen molar-refractivity contribution < 1.29 is 14.3 Å². The molecule has 3 heterocycles. The first-order valence-corrected chi connectivity index (χ1v) is 9.80. The predicted octanol–water partition coefficient (Wildman–Crippen LogP) is 4.19. The van der Waals surface area contributed by atoms with E-state index in [9.17, 15) is 4.79 Å². The zero-order valence-corrected chi connectivity index (χ0v) is 15.9. The number of rotatable bonds is 3. The molecule has 6 nitrogen and oxygen atoms in total. The Morgan fingerprint density at radius 3 is 2.79 bits per heavy atom. The quantitative estimate of drug-likeness (QED) is 0.730. The van der Waals surface area contributed by atoms with Crippen LogP contribution in [-0.4, -0.2) is 30.6 Å². The van der Waals surface area contributed by atoms with Crippen molar-refractivity contribution in [2.45, 2.75) is 12.8 Å². The highest BCUT2D eigenvalue weighted by Gasteiger charge is 2.23. The van der Waals surface area contributed by atoms with Crippen molar-refractivity contribution in [1.29, 1.82) is 0 Å². The molecule has 0 bridgehead atoms. The fraction of sp³-hybridized carbons (Fsp3) is 0.217. The third-order valence-electron chi connectivity index (χ3n) is 5.18. The van der Waals surface area contributed by atoms with E-state index in [4.69, 9.17) is 9.47 Å². The van der Waals surface area contributed by atoms with Crippen LogP contribution in [0.5, 0.6) is 11.5 Å². The molecule has 1 N–H and O–H groups in total. The number of pyridine rings is 1. The predicted molar refractivity (Wildman–Crippen MR) is 111 cm³/mol. The normalized spacial score (nSPS) is 14.8. The Bertz CT molecular complexity index is 1070. The van der Waals surface area contributed by atoms with Crippen LogP contribution < -0.4 is 19.7 Å². The molecule has 0 saturated carbocycles. The number of benzene rings is 2. The molecule has 0 saturated heterocycles. The number of carbonyl (C=O) groups excluding carboxylic acids is 1. The first-order valence-electron chi connectivity index (χ1n) is 9.80. The molecule has 0 aliphatic carbocycles. The van der Waals surface area contributed by atoms with Gasteiger partial charge in [-0.1, -0.05) is 18.2 Å². The molecule has 2 aliphatic heterocycles. The van der Waals surface area contributed by atoms with E-state index in [2.05, 4.69) is 16.4 Å². The van der Waals surface area contributed by atoms with Gasteiger partial charge in [-0.15, -0.1) is 0 Å². The van der Waals surface area contributed by atoms with Crippen molar-refractivity contribution in [3.05, 3.63) is 71.9 Å². The van der Waals surface area contributed by atoms with Crippen molar-refractivity contribution in [3.63, 3.8) is 0 Å². The Morgan fingerprint density at radius 1 is 1.00 bits per heavy atom. The summed E-state index contributed by atoms with van der Waals surface area (Å²) in [5, 5.41) is 3.25. The summed E-state index contributed by atoms with van der Waals surface area (Å²) in [4.78, 5) is 19.4. The molecule has 0 atom stereocenters. The van der Waals surface area contributed by atoms with Crippen LogP contribution >= 0.6 is 0 Å².